The number of nitrogens with one attached hydrogen (secondary N) is 1. The van der Waals surface area contributed by atoms with E-state index in [0.717, 1.165) is 16.0 Å². The molecule has 11 heteroatoms. The second-order valence-corrected chi connectivity index (χ2v) is 10.5. The monoisotopic (exact) mass is 569 g/mol. The van der Waals surface area contributed by atoms with Crippen molar-refractivity contribution in [2.24, 2.45) is 23.3 Å². The molecule has 2 aliphatic heterocycles. The van der Waals surface area contributed by atoms with Crippen molar-refractivity contribution in [2.45, 2.75) is 31.2 Å². The van der Waals surface area contributed by atoms with Crippen LogP contribution in [0.3, 0.4) is 0 Å². The number of hydrogen-bond acceptors (Lipinski definition) is 7. The third-order valence-electron chi connectivity index (χ3n) is 8.03. The Morgan fingerprint density at radius 1 is 0.881 bits per heavy atom. The molecule has 2 saturated heterocycles. The fourth-order valence-corrected chi connectivity index (χ4v) is 6.29. The van der Waals surface area contributed by atoms with Gasteiger partial charge in [-0.1, -0.05) is 84.9 Å². The minimum absolute atomic E-state index is 0.0112. The molecule has 42 heavy (non-hydrogen) atoms. The number of imide groups is 1. The number of carboxylic acid groups (broad SMARTS) is 1. The van der Waals surface area contributed by atoms with Gasteiger partial charge in [0.05, 0.1) is 12.5 Å². The van der Waals surface area contributed by atoms with Crippen molar-refractivity contribution in [1.82, 2.24) is 9.80 Å². The van der Waals surface area contributed by atoms with Crippen LogP contribution in [0.5, 0.6) is 0 Å². The lowest BCUT2D eigenvalue weighted by Crippen LogP contribution is -2.55. The Labute approximate surface area is 242 Å². The maximum atomic E-state index is 14.3. The maximum absolute atomic E-state index is 14.3. The Morgan fingerprint density at radius 2 is 1.48 bits per heavy atom. The number of rotatable bonds is 10. The quantitative estimate of drug-likeness (QED) is 0.124. The number of primary amides is 1. The molecule has 0 bridgehead atoms. The molecule has 3 aromatic carbocycles. The van der Waals surface area contributed by atoms with Gasteiger partial charge in [0, 0.05) is 30.1 Å². The number of amidine groups is 1. The molecule has 5 rings (SSSR count). The fourth-order valence-electron chi connectivity index (χ4n) is 6.29. The molecular formula is C31H31N5O6. The number of hydrogen-bond donors (Lipinski definition) is 4. The van der Waals surface area contributed by atoms with Gasteiger partial charge in [-0.25, -0.2) is 4.79 Å². The van der Waals surface area contributed by atoms with Crippen LogP contribution in [0.1, 0.15) is 28.7 Å². The zero-order valence-corrected chi connectivity index (χ0v) is 22.7. The van der Waals surface area contributed by atoms with Crippen LogP contribution in [-0.2, 0) is 37.8 Å². The lowest BCUT2D eigenvalue weighted by atomic mass is 9.82. The second kappa shape index (κ2) is 11.5. The predicted octanol–water partition coefficient (Wildman–Crippen LogP) is 2.42. The summed E-state index contributed by atoms with van der Waals surface area (Å²) in [4.78, 5) is 55.7. The van der Waals surface area contributed by atoms with Crippen LogP contribution in [0.25, 0.3) is 0 Å². The average Bonchev–Trinajstić information content (AvgIpc) is 3.37. The standard InChI is InChI=1S/C31H31N5O6/c32-24(37)15-16-36-23(17-19-7-3-1-4-8-19)25-26(29(39)35(28(25)38)18-20-9-5-2-6-10-20)31(36,42-30(40)41)22-13-11-21(12-14-22)27(33)34/h1-14,23,25-26H,15-18H2,(H2,32,37)(H3,33,34)(H,40,41). The highest BCUT2D eigenvalue weighted by Crippen LogP contribution is 2.55. The summed E-state index contributed by atoms with van der Waals surface area (Å²) in [5.74, 6) is -4.10. The number of ether oxygens (including phenoxy) is 1. The van der Waals surface area contributed by atoms with Gasteiger partial charge < -0.3 is 21.3 Å². The van der Waals surface area contributed by atoms with E-state index in [4.69, 9.17) is 21.6 Å². The number of likely N-dealkylation sites (tertiary alicyclic amines) is 2. The van der Waals surface area contributed by atoms with Gasteiger partial charge in [0.15, 0.2) is 0 Å². The minimum Gasteiger partial charge on any atom is -0.450 e. The lowest BCUT2D eigenvalue weighted by Gasteiger charge is -2.42. The Kier molecular flexibility index (Phi) is 7.77. The normalized spacial score (nSPS) is 23.5. The molecule has 4 unspecified atom stereocenters. The summed E-state index contributed by atoms with van der Waals surface area (Å²) >= 11 is 0. The summed E-state index contributed by atoms with van der Waals surface area (Å²) in [6.07, 6.45) is -1.55. The van der Waals surface area contributed by atoms with Crippen molar-refractivity contribution in [2.75, 3.05) is 6.54 Å². The SMILES string of the molecule is N=C(N)c1ccc(C2(OC(=O)O)C3C(=O)N(Cc4ccccc4)C(=O)C3C(Cc3ccccc3)N2CCC(N)=O)cc1. The van der Waals surface area contributed by atoms with Gasteiger partial charge in [-0.2, -0.15) is 0 Å². The fraction of sp³-hybridized carbons (Fsp3) is 0.258. The number of carbonyl (C=O) groups excluding carboxylic acids is 3. The number of nitrogen functional groups attached to an aromatic ring is 1. The highest BCUT2D eigenvalue weighted by atomic mass is 16.7. The predicted molar refractivity (Wildman–Crippen MR) is 152 cm³/mol. The van der Waals surface area contributed by atoms with Crippen LogP contribution in [0.4, 0.5) is 4.79 Å². The zero-order valence-electron chi connectivity index (χ0n) is 22.7. The van der Waals surface area contributed by atoms with E-state index in [1.807, 2.05) is 36.4 Å². The Morgan fingerprint density at radius 3 is 2.02 bits per heavy atom. The van der Waals surface area contributed by atoms with Crippen molar-refractivity contribution in [3.8, 4) is 0 Å². The highest BCUT2D eigenvalue weighted by molar-refractivity contribution is 6.07. The Bertz CT molecular complexity index is 1510. The first-order valence-electron chi connectivity index (χ1n) is 13.5. The molecule has 3 amide bonds. The minimum atomic E-state index is -1.97. The first kappa shape index (κ1) is 28.5. The first-order chi connectivity index (χ1) is 20.1. The number of carbonyl (C=O) groups is 4. The number of benzene rings is 3. The van der Waals surface area contributed by atoms with E-state index in [1.54, 1.807) is 29.2 Å². The summed E-state index contributed by atoms with van der Waals surface area (Å²) in [5.41, 5.74) is 11.4. The maximum Gasteiger partial charge on any atom is 0.507 e. The molecule has 216 valence electrons. The van der Waals surface area contributed by atoms with Gasteiger partial charge in [0.2, 0.25) is 23.4 Å². The van der Waals surface area contributed by atoms with Crippen molar-refractivity contribution < 1.29 is 29.0 Å². The zero-order chi connectivity index (χ0) is 30.0. The number of nitrogens with zero attached hydrogens (tertiary/aromatic N) is 2. The van der Waals surface area contributed by atoms with E-state index in [9.17, 15) is 24.3 Å². The van der Waals surface area contributed by atoms with E-state index in [1.165, 1.54) is 24.3 Å². The topological polar surface area (TPSA) is 180 Å². The van der Waals surface area contributed by atoms with Crippen molar-refractivity contribution in [3.63, 3.8) is 0 Å². The molecule has 2 aliphatic rings. The molecule has 2 fully saturated rings. The van der Waals surface area contributed by atoms with E-state index < -0.39 is 47.5 Å². The van der Waals surface area contributed by atoms with E-state index in [-0.39, 0.29) is 37.3 Å². The Hall–Kier alpha value is -5.03. The molecule has 0 aromatic heterocycles. The molecule has 6 N–H and O–H groups in total. The molecular weight excluding hydrogens is 538 g/mol. The molecule has 2 heterocycles. The van der Waals surface area contributed by atoms with Crippen LogP contribution in [0.2, 0.25) is 0 Å². The van der Waals surface area contributed by atoms with Crippen LogP contribution < -0.4 is 11.5 Å². The third-order valence-corrected chi connectivity index (χ3v) is 8.03. The molecule has 4 atom stereocenters. The van der Waals surface area contributed by atoms with Gasteiger partial charge in [-0.3, -0.25) is 29.6 Å². The molecule has 0 aliphatic carbocycles. The third kappa shape index (κ3) is 5.10. The van der Waals surface area contributed by atoms with Crippen LogP contribution >= 0.6 is 0 Å². The summed E-state index contributed by atoms with van der Waals surface area (Å²) in [7, 11) is 0. The number of nitrogens with two attached hydrogens (primary N) is 2. The van der Waals surface area contributed by atoms with Gasteiger partial charge in [-0.05, 0) is 17.5 Å². The van der Waals surface area contributed by atoms with Gasteiger partial charge in [-0.15, -0.1) is 0 Å². The second-order valence-electron chi connectivity index (χ2n) is 10.5. The van der Waals surface area contributed by atoms with Gasteiger partial charge >= 0.3 is 6.16 Å². The van der Waals surface area contributed by atoms with Gasteiger partial charge in [0.1, 0.15) is 11.8 Å². The van der Waals surface area contributed by atoms with Crippen molar-refractivity contribution in [1.29, 1.82) is 5.41 Å². The number of amides is 3. The molecule has 0 spiro atoms. The summed E-state index contributed by atoms with van der Waals surface area (Å²) < 4.78 is 5.74. The van der Waals surface area contributed by atoms with Crippen molar-refractivity contribution >= 4 is 29.7 Å². The highest BCUT2D eigenvalue weighted by Gasteiger charge is 2.71. The molecule has 0 saturated carbocycles. The van der Waals surface area contributed by atoms with Crippen LogP contribution in [-0.4, -0.2) is 57.2 Å². The molecule has 3 aromatic rings. The van der Waals surface area contributed by atoms with E-state index in [0.29, 0.717) is 5.56 Å². The van der Waals surface area contributed by atoms with Gasteiger partial charge in [0.25, 0.3) is 0 Å². The molecule has 11 nitrogen and oxygen atoms in total. The van der Waals surface area contributed by atoms with E-state index >= 15 is 0 Å². The largest absolute Gasteiger partial charge is 0.507 e. The summed E-state index contributed by atoms with van der Waals surface area (Å²) in [6, 6.07) is 23.8. The van der Waals surface area contributed by atoms with Crippen molar-refractivity contribution in [3.05, 3.63) is 107 Å². The lowest BCUT2D eigenvalue weighted by molar-refractivity contribution is -0.166. The Balaban J connectivity index is 1.71. The van der Waals surface area contributed by atoms with E-state index in [2.05, 4.69) is 0 Å². The summed E-state index contributed by atoms with van der Waals surface area (Å²) in [6.45, 7) is -0.0574. The van der Waals surface area contributed by atoms with Crippen LogP contribution in [0.15, 0.2) is 84.9 Å². The van der Waals surface area contributed by atoms with Crippen LogP contribution in [0, 0.1) is 17.2 Å². The smallest absolute Gasteiger partial charge is 0.450 e. The number of fused-ring (bicyclic) bond motifs is 1. The first-order valence-corrected chi connectivity index (χ1v) is 13.5. The summed E-state index contributed by atoms with van der Waals surface area (Å²) in [5, 5.41) is 17.9. The average molecular weight is 570 g/mol. The molecule has 0 radical (unpaired) electrons.